The van der Waals surface area contributed by atoms with Gasteiger partial charge in [-0.05, 0) is 49.9 Å². The van der Waals surface area contributed by atoms with Crippen molar-refractivity contribution >= 4 is 5.78 Å². The molecular weight excluding hydrogens is 458 g/mol. The third-order valence-corrected chi connectivity index (χ3v) is 8.10. The summed E-state index contributed by atoms with van der Waals surface area (Å²) in [5, 5.41) is 13.4. The van der Waals surface area contributed by atoms with Crippen molar-refractivity contribution in [2.24, 2.45) is 11.8 Å². The quantitative estimate of drug-likeness (QED) is 0.327. The number of allylic oxidation sites excluding steroid dienone is 2. The zero-order valence-corrected chi connectivity index (χ0v) is 21.1. The second-order valence-electron chi connectivity index (χ2n) is 10.3. The number of benzene rings is 2. The van der Waals surface area contributed by atoms with Crippen molar-refractivity contribution < 1.29 is 4.79 Å². The number of hydrogen-bond acceptors (Lipinski definition) is 4. The van der Waals surface area contributed by atoms with Gasteiger partial charge in [-0.25, -0.2) is 9.53 Å². The highest BCUT2D eigenvalue weighted by Gasteiger charge is 2.50. The number of ketones is 1. The Bertz CT molecular complexity index is 1580. The molecule has 2 aromatic carbocycles. The van der Waals surface area contributed by atoms with Gasteiger partial charge in [0, 0.05) is 34.2 Å². The van der Waals surface area contributed by atoms with E-state index in [4.69, 9.17) is 11.7 Å². The Morgan fingerprint density at radius 2 is 1.78 bits per heavy atom. The van der Waals surface area contributed by atoms with Crippen molar-refractivity contribution in [3.63, 3.8) is 0 Å². The molecule has 0 N–H and O–H groups in total. The number of rotatable bonds is 3. The van der Waals surface area contributed by atoms with Crippen molar-refractivity contribution in [3.05, 3.63) is 107 Å². The molecule has 182 valence electrons. The van der Waals surface area contributed by atoms with Crippen LogP contribution in [-0.4, -0.2) is 25.8 Å². The minimum atomic E-state index is -0.486. The van der Waals surface area contributed by atoms with Crippen LogP contribution in [0.1, 0.15) is 37.1 Å². The first kappa shape index (κ1) is 23.1. The lowest BCUT2D eigenvalue weighted by molar-refractivity contribution is -0.121. The van der Waals surface area contributed by atoms with Crippen LogP contribution in [0.2, 0.25) is 0 Å². The zero-order chi connectivity index (χ0) is 25.7. The fourth-order valence-electron chi connectivity index (χ4n) is 6.18. The van der Waals surface area contributed by atoms with Gasteiger partial charge in [0.2, 0.25) is 5.70 Å². The first-order chi connectivity index (χ1) is 17.9. The molecule has 0 saturated heterocycles. The molecule has 0 spiro atoms. The van der Waals surface area contributed by atoms with Crippen molar-refractivity contribution in [2.75, 3.05) is 0 Å². The van der Waals surface area contributed by atoms with Gasteiger partial charge in [-0.1, -0.05) is 61.9 Å². The summed E-state index contributed by atoms with van der Waals surface area (Å²) in [6.07, 6.45) is 5.30. The van der Waals surface area contributed by atoms with Crippen LogP contribution >= 0.6 is 0 Å². The van der Waals surface area contributed by atoms with Crippen LogP contribution in [0.4, 0.5) is 0 Å². The molecule has 0 fully saturated rings. The first-order valence-electron chi connectivity index (χ1n) is 12.6. The molecule has 0 unspecified atom stereocenters. The molecule has 0 radical (unpaired) electrons. The highest BCUT2D eigenvalue weighted by molar-refractivity contribution is 6.00. The molecule has 0 saturated carbocycles. The van der Waals surface area contributed by atoms with Crippen LogP contribution in [0, 0.1) is 25.3 Å². The lowest BCUT2D eigenvalue weighted by atomic mass is 9.58. The zero-order valence-electron chi connectivity index (χ0n) is 21.1. The average Bonchev–Trinajstić information content (AvgIpc) is 3.33. The van der Waals surface area contributed by atoms with Crippen LogP contribution in [0.25, 0.3) is 33.0 Å². The Balaban J connectivity index is 1.57. The summed E-state index contributed by atoms with van der Waals surface area (Å²) >= 11 is 0. The Hall–Kier alpha value is -4.37. The molecule has 6 heteroatoms. The van der Waals surface area contributed by atoms with Gasteiger partial charge in [0.25, 0.3) is 0 Å². The van der Waals surface area contributed by atoms with Crippen LogP contribution in [0.5, 0.6) is 0 Å². The van der Waals surface area contributed by atoms with E-state index >= 15 is 0 Å². The molecule has 6 nitrogen and oxygen atoms in total. The molecule has 0 amide bonds. The van der Waals surface area contributed by atoms with Gasteiger partial charge in [0.05, 0.1) is 29.3 Å². The molecule has 2 aliphatic rings. The molecule has 3 atom stereocenters. The number of carbonyl (C=O) groups excluding carboxylic acids is 1. The number of fused-ring (bicyclic) bond motifs is 3. The molecule has 0 aliphatic heterocycles. The SMILES string of the molecule is [C-]#[N+]C1=C[C@@]2(C)c3c(c(-c4ccc(C)cc4)nn3-c3ccc(-c4cccnn4)cc3)CC[C@@H]2[C@@H](C)C1=O. The monoisotopic (exact) mass is 485 g/mol. The first-order valence-corrected chi connectivity index (χ1v) is 12.6. The van der Waals surface area contributed by atoms with Crippen molar-refractivity contribution in [2.45, 2.75) is 39.0 Å². The fourth-order valence-corrected chi connectivity index (χ4v) is 6.18. The largest absolute Gasteiger partial charge is 0.308 e. The number of hydrogen-bond donors (Lipinski definition) is 0. The number of aryl methyl sites for hydroxylation is 1. The average molecular weight is 486 g/mol. The van der Waals surface area contributed by atoms with Gasteiger partial charge < -0.3 is 4.79 Å². The highest BCUT2D eigenvalue weighted by atomic mass is 16.1. The normalized spacial score (nSPS) is 22.5. The second kappa shape index (κ2) is 8.63. The van der Waals surface area contributed by atoms with Crippen LogP contribution < -0.4 is 0 Å². The summed E-state index contributed by atoms with van der Waals surface area (Å²) in [5.74, 6) is -0.144. The molecule has 4 aromatic rings. The number of nitrogens with zero attached hydrogens (tertiary/aromatic N) is 5. The minimum absolute atomic E-state index is 0.0425. The lowest BCUT2D eigenvalue weighted by Crippen LogP contribution is -2.46. The number of aromatic nitrogens is 4. The molecule has 2 heterocycles. The standard InChI is InChI=1S/C31H27N5O/c1-19-7-9-22(10-8-19)28-24-15-16-25-20(2)29(37)27(32-4)18-31(25,3)30(24)36(35-28)23-13-11-21(12-14-23)26-6-5-17-33-34-26/h5-14,17-18,20,25H,15-16H2,1-3H3/t20-,25-,31-/m1/s1. The molecule has 37 heavy (non-hydrogen) atoms. The summed E-state index contributed by atoms with van der Waals surface area (Å²) in [6.45, 7) is 13.9. The van der Waals surface area contributed by atoms with E-state index in [1.54, 1.807) is 6.20 Å². The van der Waals surface area contributed by atoms with Gasteiger partial charge in [-0.3, -0.25) is 0 Å². The summed E-state index contributed by atoms with van der Waals surface area (Å²) in [4.78, 5) is 16.6. The fraction of sp³-hybridized carbons (Fsp3) is 0.258. The van der Waals surface area contributed by atoms with Crippen LogP contribution in [0.15, 0.2) is 78.6 Å². The second-order valence-corrected chi connectivity index (χ2v) is 10.3. The van der Waals surface area contributed by atoms with Gasteiger partial charge in [0.1, 0.15) is 0 Å². The third-order valence-electron chi connectivity index (χ3n) is 8.10. The van der Waals surface area contributed by atoms with E-state index in [9.17, 15) is 4.79 Å². The number of Topliss-reactive ketones (excluding diaryl/α,β-unsaturated/α-hetero) is 1. The van der Waals surface area contributed by atoms with Crippen LogP contribution in [0.3, 0.4) is 0 Å². The Morgan fingerprint density at radius 3 is 2.46 bits per heavy atom. The van der Waals surface area contributed by atoms with E-state index in [0.29, 0.717) is 0 Å². The highest BCUT2D eigenvalue weighted by Crippen LogP contribution is 2.52. The molecule has 0 bridgehead atoms. The van der Waals surface area contributed by atoms with Crippen LogP contribution in [-0.2, 0) is 16.6 Å². The molecular formula is C31H27N5O. The predicted molar refractivity (Wildman–Crippen MR) is 143 cm³/mol. The van der Waals surface area contributed by atoms with E-state index in [1.807, 2.05) is 41.9 Å². The minimum Gasteiger partial charge on any atom is -0.308 e. The lowest BCUT2D eigenvalue weighted by Gasteiger charge is -2.45. The Labute approximate surface area is 216 Å². The maximum Gasteiger partial charge on any atom is 0.226 e. The Kier molecular flexibility index (Phi) is 5.38. The van der Waals surface area contributed by atoms with E-state index in [-0.39, 0.29) is 23.3 Å². The van der Waals surface area contributed by atoms with E-state index in [2.05, 4.69) is 65.3 Å². The van der Waals surface area contributed by atoms with Crippen molar-refractivity contribution in [1.82, 2.24) is 20.0 Å². The van der Waals surface area contributed by atoms with E-state index in [1.165, 1.54) is 11.1 Å². The molecule has 6 rings (SSSR count). The summed E-state index contributed by atoms with van der Waals surface area (Å²) < 4.78 is 2.04. The molecule has 2 aromatic heterocycles. The number of carbonyl (C=O) groups is 1. The Morgan fingerprint density at radius 1 is 1.05 bits per heavy atom. The summed E-state index contributed by atoms with van der Waals surface area (Å²) in [5.41, 5.74) is 8.00. The smallest absolute Gasteiger partial charge is 0.226 e. The topological polar surface area (TPSA) is 65.0 Å². The summed E-state index contributed by atoms with van der Waals surface area (Å²) in [7, 11) is 0. The van der Waals surface area contributed by atoms with Gasteiger partial charge in [0.15, 0.2) is 5.78 Å². The van der Waals surface area contributed by atoms with E-state index < -0.39 is 5.41 Å². The maximum absolute atomic E-state index is 12.9. The van der Waals surface area contributed by atoms with Gasteiger partial charge in [-0.2, -0.15) is 15.3 Å². The van der Waals surface area contributed by atoms with Gasteiger partial charge in [-0.15, -0.1) is 0 Å². The predicted octanol–water partition coefficient (Wildman–Crippen LogP) is 6.15. The van der Waals surface area contributed by atoms with Crippen molar-refractivity contribution in [1.29, 1.82) is 0 Å². The van der Waals surface area contributed by atoms with Gasteiger partial charge >= 0.3 is 0 Å². The summed E-state index contributed by atoms with van der Waals surface area (Å²) in [6, 6.07) is 20.5. The van der Waals surface area contributed by atoms with E-state index in [0.717, 1.165) is 46.7 Å². The maximum atomic E-state index is 12.9. The third kappa shape index (κ3) is 3.62. The molecule has 2 aliphatic carbocycles. The van der Waals surface area contributed by atoms with Crippen molar-refractivity contribution in [3.8, 4) is 28.2 Å².